The molecule has 3 heteroatoms. The SMILES string of the molecule is CC(C)C(C)NCC1CSCCS1. The van der Waals surface area contributed by atoms with Crippen molar-refractivity contribution in [1.29, 1.82) is 0 Å². The van der Waals surface area contributed by atoms with Crippen molar-refractivity contribution in [2.75, 3.05) is 23.8 Å². The lowest BCUT2D eigenvalue weighted by molar-refractivity contribution is 0.430. The van der Waals surface area contributed by atoms with Crippen LogP contribution in [0.5, 0.6) is 0 Å². The van der Waals surface area contributed by atoms with E-state index in [0.29, 0.717) is 6.04 Å². The molecule has 2 atom stereocenters. The molecule has 1 aliphatic heterocycles. The second kappa shape index (κ2) is 6.20. The van der Waals surface area contributed by atoms with Gasteiger partial charge in [0.1, 0.15) is 0 Å². The van der Waals surface area contributed by atoms with Gasteiger partial charge < -0.3 is 5.32 Å². The molecule has 1 N–H and O–H groups in total. The van der Waals surface area contributed by atoms with Gasteiger partial charge in [0.25, 0.3) is 0 Å². The zero-order valence-electron chi connectivity index (χ0n) is 8.88. The summed E-state index contributed by atoms with van der Waals surface area (Å²) in [5.41, 5.74) is 0. The Morgan fingerprint density at radius 2 is 2.08 bits per heavy atom. The van der Waals surface area contributed by atoms with Crippen LogP contribution in [0.1, 0.15) is 20.8 Å². The van der Waals surface area contributed by atoms with Crippen LogP contribution in [0.25, 0.3) is 0 Å². The molecule has 1 aliphatic rings. The molecule has 1 nitrogen and oxygen atoms in total. The van der Waals surface area contributed by atoms with Crippen molar-refractivity contribution in [2.45, 2.75) is 32.1 Å². The molecule has 2 unspecified atom stereocenters. The zero-order chi connectivity index (χ0) is 9.68. The molecule has 0 aromatic heterocycles. The fourth-order valence-corrected chi connectivity index (χ4v) is 3.83. The third-order valence-electron chi connectivity index (χ3n) is 2.55. The number of nitrogens with one attached hydrogen (secondary N) is 1. The summed E-state index contributed by atoms with van der Waals surface area (Å²) >= 11 is 4.24. The van der Waals surface area contributed by atoms with Crippen LogP contribution < -0.4 is 5.32 Å². The predicted molar refractivity (Wildman–Crippen MR) is 65.9 cm³/mol. The van der Waals surface area contributed by atoms with Crippen molar-refractivity contribution in [1.82, 2.24) is 5.32 Å². The van der Waals surface area contributed by atoms with Gasteiger partial charge in [-0.15, -0.1) is 0 Å². The Morgan fingerprint density at radius 1 is 1.31 bits per heavy atom. The fourth-order valence-electron chi connectivity index (χ4n) is 1.21. The smallest absolute Gasteiger partial charge is 0.0263 e. The first-order valence-electron chi connectivity index (χ1n) is 5.13. The van der Waals surface area contributed by atoms with Gasteiger partial charge in [0, 0.05) is 35.1 Å². The third-order valence-corrected chi connectivity index (χ3v) is 5.40. The molecule has 0 amide bonds. The van der Waals surface area contributed by atoms with Crippen molar-refractivity contribution in [3.8, 4) is 0 Å². The van der Waals surface area contributed by atoms with Crippen molar-refractivity contribution in [2.24, 2.45) is 5.92 Å². The molecular formula is C10H21NS2. The van der Waals surface area contributed by atoms with Crippen LogP contribution in [-0.2, 0) is 0 Å². The average molecular weight is 219 g/mol. The minimum Gasteiger partial charge on any atom is -0.313 e. The lowest BCUT2D eigenvalue weighted by Gasteiger charge is -2.24. The van der Waals surface area contributed by atoms with Gasteiger partial charge in [-0.25, -0.2) is 0 Å². The van der Waals surface area contributed by atoms with E-state index < -0.39 is 0 Å². The Bertz CT molecular complexity index is 133. The second-order valence-electron chi connectivity index (χ2n) is 4.01. The first-order chi connectivity index (χ1) is 6.20. The maximum Gasteiger partial charge on any atom is 0.0263 e. The van der Waals surface area contributed by atoms with E-state index in [9.17, 15) is 0 Å². The lowest BCUT2D eigenvalue weighted by atomic mass is 10.1. The van der Waals surface area contributed by atoms with E-state index in [1.54, 1.807) is 0 Å². The van der Waals surface area contributed by atoms with Crippen molar-refractivity contribution >= 4 is 23.5 Å². The van der Waals surface area contributed by atoms with E-state index in [1.807, 2.05) is 0 Å². The summed E-state index contributed by atoms with van der Waals surface area (Å²) in [6.07, 6.45) is 0. The summed E-state index contributed by atoms with van der Waals surface area (Å²) < 4.78 is 0. The lowest BCUT2D eigenvalue weighted by Crippen LogP contribution is -2.37. The van der Waals surface area contributed by atoms with Gasteiger partial charge in [0.05, 0.1) is 0 Å². The molecule has 0 radical (unpaired) electrons. The first-order valence-corrected chi connectivity index (χ1v) is 7.33. The molecule has 0 aromatic rings. The van der Waals surface area contributed by atoms with E-state index >= 15 is 0 Å². The van der Waals surface area contributed by atoms with Crippen LogP contribution in [0.15, 0.2) is 0 Å². The van der Waals surface area contributed by atoms with Crippen LogP contribution in [0, 0.1) is 5.92 Å². The Labute approximate surface area is 90.8 Å². The van der Waals surface area contributed by atoms with E-state index in [2.05, 4.69) is 49.6 Å². The Hall–Kier alpha value is 0.660. The van der Waals surface area contributed by atoms with Crippen molar-refractivity contribution in [3.05, 3.63) is 0 Å². The van der Waals surface area contributed by atoms with Gasteiger partial charge in [-0.3, -0.25) is 0 Å². The number of hydrogen-bond acceptors (Lipinski definition) is 3. The fraction of sp³-hybridized carbons (Fsp3) is 1.00. The summed E-state index contributed by atoms with van der Waals surface area (Å²) in [6, 6.07) is 0.660. The van der Waals surface area contributed by atoms with Gasteiger partial charge in [0.15, 0.2) is 0 Å². The maximum absolute atomic E-state index is 3.62. The molecule has 0 spiro atoms. The first kappa shape index (κ1) is 11.7. The van der Waals surface area contributed by atoms with Crippen molar-refractivity contribution < 1.29 is 0 Å². The Kier molecular flexibility index (Phi) is 5.60. The molecule has 0 saturated carbocycles. The molecule has 0 aliphatic carbocycles. The van der Waals surface area contributed by atoms with Gasteiger partial charge >= 0.3 is 0 Å². The van der Waals surface area contributed by atoms with Gasteiger partial charge in [-0.2, -0.15) is 23.5 Å². The largest absolute Gasteiger partial charge is 0.313 e. The number of hydrogen-bond donors (Lipinski definition) is 1. The Balaban J connectivity index is 2.10. The highest BCUT2D eigenvalue weighted by molar-refractivity contribution is 8.06. The maximum atomic E-state index is 3.62. The third kappa shape index (κ3) is 4.61. The number of rotatable bonds is 4. The van der Waals surface area contributed by atoms with Gasteiger partial charge in [-0.1, -0.05) is 13.8 Å². The van der Waals surface area contributed by atoms with Gasteiger partial charge in [-0.05, 0) is 12.8 Å². The van der Waals surface area contributed by atoms with E-state index in [4.69, 9.17) is 0 Å². The minimum atomic E-state index is 0.660. The van der Waals surface area contributed by atoms with Crippen LogP contribution in [-0.4, -0.2) is 35.1 Å². The highest BCUT2D eigenvalue weighted by atomic mass is 32.2. The quantitative estimate of drug-likeness (QED) is 0.780. The summed E-state index contributed by atoms with van der Waals surface area (Å²) in [5, 5.41) is 4.46. The highest BCUT2D eigenvalue weighted by Gasteiger charge is 2.15. The molecule has 13 heavy (non-hydrogen) atoms. The Morgan fingerprint density at radius 3 is 2.62 bits per heavy atom. The molecule has 1 saturated heterocycles. The van der Waals surface area contributed by atoms with Crippen LogP contribution in [0.4, 0.5) is 0 Å². The molecule has 1 fully saturated rings. The van der Waals surface area contributed by atoms with Crippen molar-refractivity contribution in [3.63, 3.8) is 0 Å². The van der Waals surface area contributed by atoms with E-state index in [1.165, 1.54) is 23.8 Å². The monoisotopic (exact) mass is 219 g/mol. The molecule has 0 bridgehead atoms. The molecular weight excluding hydrogens is 198 g/mol. The van der Waals surface area contributed by atoms with E-state index in [0.717, 1.165) is 11.2 Å². The second-order valence-corrected chi connectivity index (χ2v) is 6.57. The molecule has 1 heterocycles. The van der Waals surface area contributed by atoms with Crippen LogP contribution in [0.3, 0.4) is 0 Å². The predicted octanol–water partition coefficient (Wildman–Crippen LogP) is 2.47. The molecule has 0 aromatic carbocycles. The standard InChI is InChI=1S/C10H21NS2/c1-8(2)9(3)11-6-10-7-12-4-5-13-10/h8-11H,4-7H2,1-3H3. The topological polar surface area (TPSA) is 12.0 Å². The summed E-state index contributed by atoms with van der Waals surface area (Å²) in [5.74, 6) is 4.78. The van der Waals surface area contributed by atoms with Gasteiger partial charge in [0.2, 0.25) is 0 Å². The van der Waals surface area contributed by atoms with Crippen LogP contribution >= 0.6 is 23.5 Å². The zero-order valence-corrected chi connectivity index (χ0v) is 10.5. The normalized spacial score (nSPS) is 26.3. The summed E-state index contributed by atoms with van der Waals surface area (Å²) in [4.78, 5) is 0. The molecule has 78 valence electrons. The number of thioether (sulfide) groups is 2. The summed E-state index contributed by atoms with van der Waals surface area (Å²) in [6.45, 7) is 8.03. The highest BCUT2D eigenvalue weighted by Crippen LogP contribution is 2.23. The van der Waals surface area contributed by atoms with Crippen LogP contribution in [0.2, 0.25) is 0 Å². The molecule has 1 rings (SSSR count). The minimum absolute atomic E-state index is 0.660. The summed E-state index contributed by atoms with van der Waals surface area (Å²) in [7, 11) is 0. The average Bonchev–Trinajstić information content (AvgIpc) is 2.15. The van der Waals surface area contributed by atoms with E-state index in [-0.39, 0.29) is 0 Å².